The Labute approximate surface area is 146 Å². The SMILES string of the molecule is COc1cc(C(=O)O)ccc1CCNC(=O)Cc1ccc(Br)s1. The molecule has 1 amide bonds. The van der Waals surface area contributed by atoms with Crippen LogP contribution in [0.4, 0.5) is 0 Å². The van der Waals surface area contributed by atoms with Gasteiger partial charge in [0.15, 0.2) is 0 Å². The number of amides is 1. The van der Waals surface area contributed by atoms with Crippen LogP contribution in [0, 0.1) is 0 Å². The number of halogens is 1. The number of hydrogen-bond acceptors (Lipinski definition) is 4. The van der Waals surface area contributed by atoms with Crippen molar-refractivity contribution in [1.29, 1.82) is 0 Å². The van der Waals surface area contributed by atoms with E-state index in [1.54, 1.807) is 6.07 Å². The van der Waals surface area contributed by atoms with E-state index in [2.05, 4.69) is 21.2 Å². The predicted octanol–water partition coefficient (Wildman–Crippen LogP) is 3.12. The van der Waals surface area contributed by atoms with Crippen LogP contribution in [0.2, 0.25) is 0 Å². The average Bonchev–Trinajstić information content (AvgIpc) is 2.92. The lowest BCUT2D eigenvalue weighted by Crippen LogP contribution is -2.27. The highest BCUT2D eigenvalue weighted by Gasteiger charge is 2.10. The van der Waals surface area contributed by atoms with Gasteiger partial charge in [0.25, 0.3) is 0 Å². The van der Waals surface area contributed by atoms with Crippen LogP contribution in [0.5, 0.6) is 5.75 Å². The molecule has 122 valence electrons. The maximum Gasteiger partial charge on any atom is 0.335 e. The second-order valence-corrected chi connectivity index (χ2v) is 7.36. The number of carboxylic acid groups (broad SMARTS) is 1. The van der Waals surface area contributed by atoms with Crippen molar-refractivity contribution in [3.05, 3.63) is 50.1 Å². The Morgan fingerprint density at radius 3 is 2.70 bits per heavy atom. The molecule has 0 saturated carbocycles. The van der Waals surface area contributed by atoms with Gasteiger partial charge in [-0.1, -0.05) is 6.07 Å². The molecule has 0 saturated heterocycles. The maximum atomic E-state index is 11.9. The van der Waals surface area contributed by atoms with E-state index >= 15 is 0 Å². The minimum atomic E-state index is -0.995. The zero-order chi connectivity index (χ0) is 16.8. The summed E-state index contributed by atoms with van der Waals surface area (Å²) in [4.78, 5) is 23.8. The summed E-state index contributed by atoms with van der Waals surface area (Å²) in [6.07, 6.45) is 0.925. The third-order valence-corrected chi connectivity index (χ3v) is 4.84. The average molecular weight is 398 g/mol. The largest absolute Gasteiger partial charge is 0.496 e. The lowest BCUT2D eigenvalue weighted by Gasteiger charge is -2.10. The number of methoxy groups -OCH3 is 1. The second kappa shape index (κ2) is 8.12. The molecule has 0 fully saturated rings. The van der Waals surface area contributed by atoms with Gasteiger partial charge in [0, 0.05) is 11.4 Å². The first-order valence-corrected chi connectivity index (χ1v) is 8.51. The zero-order valence-electron chi connectivity index (χ0n) is 12.5. The topological polar surface area (TPSA) is 75.6 Å². The molecule has 1 aromatic carbocycles. The normalized spacial score (nSPS) is 10.3. The number of thiophene rings is 1. The van der Waals surface area contributed by atoms with Gasteiger partial charge in [-0.2, -0.15) is 0 Å². The van der Waals surface area contributed by atoms with Crippen LogP contribution in [0.15, 0.2) is 34.1 Å². The molecule has 2 N–H and O–H groups in total. The fourth-order valence-electron chi connectivity index (χ4n) is 2.09. The van der Waals surface area contributed by atoms with Gasteiger partial charge >= 0.3 is 5.97 Å². The third kappa shape index (κ3) is 5.07. The molecule has 0 aliphatic rings. The number of carboxylic acids is 1. The van der Waals surface area contributed by atoms with E-state index in [0.29, 0.717) is 25.1 Å². The second-order valence-electron chi connectivity index (χ2n) is 4.81. The number of benzene rings is 1. The molecule has 23 heavy (non-hydrogen) atoms. The molecule has 7 heteroatoms. The molecule has 0 atom stereocenters. The van der Waals surface area contributed by atoms with E-state index in [0.717, 1.165) is 14.2 Å². The Hall–Kier alpha value is -1.86. The van der Waals surface area contributed by atoms with Crippen molar-refractivity contribution in [3.63, 3.8) is 0 Å². The molecule has 0 aliphatic heterocycles. The fraction of sp³-hybridized carbons (Fsp3) is 0.250. The summed E-state index contributed by atoms with van der Waals surface area (Å²) in [6, 6.07) is 8.57. The molecule has 2 aromatic rings. The quantitative estimate of drug-likeness (QED) is 0.752. The molecule has 1 aromatic heterocycles. The minimum absolute atomic E-state index is 0.0412. The minimum Gasteiger partial charge on any atom is -0.496 e. The molecular formula is C16H16BrNO4S. The standard InChI is InChI=1S/C16H16BrNO4S/c1-22-13-8-11(16(20)21)3-2-10(13)6-7-18-15(19)9-12-4-5-14(17)23-12/h2-5,8H,6-7,9H2,1H3,(H,18,19)(H,20,21). The highest BCUT2D eigenvalue weighted by Crippen LogP contribution is 2.22. The summed E-state index contributed by atoms with van der Waals surface area (Å²) in [6.45, 7) is 0.466. The highest BCUT2D eigenvalue weighted by atomic mass is 79.9. The molecular weight excluding hydrogens is 382 g/mol. The Balaban J connectivity index is 1.88. The molecule has 2 rings (SSSR count). The van der Waals surface area contributed by atoms with Crippen molar-refractivity contribution in [3.8, 4) is 5.75 Å². The summed E-state index contributed by atoms with van der Waals surface area (Å²) in [5.41, 5.74) is 1.04. The fourth-order valence-corrected chi connectivity index (χ4v) is 3.57. The number of rotatable bonds is 7. The Morgan fingerprint density at radius 2 is 2.09 bits per heavy atom. The van der Waals surface area contributed by atoms with Crippen LogP contribution in [0.3, 0.4) is 0 Å². The highest BCUT2D eigenvalue weighted by molar-refractivity contribution is 9.11. The maximum absolute atomic E-state index is 11.9. The van der Waals surface area contributed by atoms with Gasteiger partial charge in [0.05, 0.1) is 22.9 Å². The summed E-state index contributed by atoms with van der Waals surface area (Å²) in [5.74, 6) is -0.521. The summed E-state index contributed by atoms with van der Waals surface area (Å²) in [7, 11) is 1.50. The number of ether oxygens (including phenoxy) is 1. The number of carbonyl (C=O) groups is 2. The van der Waals surface area contributed by atoms with E-state index in [4.69, 9.17) is 9.84 Å². The Kier molecular flexibility index (Phi) is 6.18. The van der Waals surface area contributed by atoms with Crippen LogP contribution in [0.25, 0.3) is 0 Å². The molecule has 0 spiro atoms. The third-order valence-electron chi connectivity index (χ3n) is 3.21. The molecule has 1 heterocycles. The van der Waals surface area contributed by atoms with Crippen molar-refractivity contribution in [2.45, 2.75) is 12.8 Å². The van der Waals surface area contributed by atoms with Crippen LogP contribution in [0.1, 0.15) is 20.8 Å². The number of nitrogens with one attached hydrogen (secondary N) is 1. The van der Waals surface area contributed by atoms with Gasteiger partial charge in [-0.3, -0.25) is 4.79 Å². The van der Waals surface area contributed by atoms with Crippen molar-refractivity contribution >= 4 is 39.1 Å². The van der Waals surface area contributed by atoms with Crippen molar-refractivity contribution in [2.75, 3.05) is 13.7 Å². The molecule has 0 radical (unpaired) electrons. The van der Waals surface area contributed by atoms with Crippen LogP contribution >= 0.6 is 27.3 Å². The van der Waals surface area contributed by atoms with Gasteiger partial charge in [0.2, 0.25) is 5.91 Å². The summed E-state index contributed by atoms with van der Waals surface area (Å²) in [5, 5.41) is 11.8. The van der Waals surface area contributed by atoms with E-state index in [1.165, 1.54) is 30.6 Å². The lowest BCUT2D eigenvalue weighted by atomic mass is 10.1. The van der Waals surface area contributed by atoms with E-state index in [1.807, 2.05) is 12.1 Å². The van der Waals surface area contributed by atoms with Gasteiger partial charge in [0.1, 0.15) is 5.75 Å². The van der Waals surface area contributed by atoms with Crippen LogP contribution < -0.4 is 10.1 Å². The van der Waals surface area contributed by atoms with Gasteiger partial charge < -0.3 is 15.2 Å². The molecule has 0 aliphatic carbocycles. The predicted molar refractivity (Wildman–Crippen MR) is 92.4 cm³/mol. The summed E-state index contributed by atoms with van der Waals surface area (Å²) < 4.78 is 6.22. The van der Waals surface area contributed by atoms with Gasteiger partial charge in [-0.15, -0.1) is 11.3 Å². The van der Waals surface area contributed by atoms with E-state index < -0.39 is 5.97 Å². The van der Waals surface area contributed by atoms with E-state index in [-0.39, 0.29) is 11.5 Å². The van der Waals surface area contributed by atoms with Crippen LogP contribution in [-0.2, 0) is 17.6 Å². The number of aromatic carboxylic acids is 1. The summed E-state index contributed by atoms with van der Waals surface area (Å²) >= 11 is 4.90. The van der Waals surface area contributed by atoms with Crippen LogP contribution in [-0.4, -0.2) is 30.6 Å². The zero-order valence-corrected chi connectivity index (χ0v) is 14.9. The van der Waals surface area contributed by atoms with Gasteiger partial charge in [-0.05, 0) is 52.2 Å². The first-order valence-electron chi connectivity index (χ1n) is 6.90. The Bertz CT molecular complexity index is 714. The van der Waals surface area contributed by atoms with E-state index in [9.17, 15) is 9.59 Å². The molecule has 0 bridgehead atoms. The number of hydrogen-bond donors (Lipinski definition) is 2. The first kappa shape index (κ1) is 17.5. The molecule has 5 nitrogen and oxygen atoms in total. The Morgan fingerprint density at radius 1 is 1.30 bits per heavy atom. The first-order chi connectivity index (χ1) is 11.0. The molecule has 0 unspecified atom stereocenters. The van der Waals surface area contributed by atoms with Gasteiger partial charge in [-0.25, -0.2) is 4.79 Å². The smallest absolute Gasteiger partial charge is 0.335 e. The monoisotopic (exact) mass is 397 g/mol. The van der Waals surface area contributed by atoms with Crippen molar-refractivity contribution < 1.29 is 19.4 Å². The number of carbonyl (C=O) groups excluding carboxylic acids is 1. The van der Waals surface area contributed by atoms with Crippen molar-refractivity contribution in [2.24, 2.45) is 0 Å². The lowest BCUT2D eigenvalue weighted by molar-refractivity contribution is -0.120. The van der Waals surface area contributed by atoms with Crippen molar-refractivity contribution in [1.82, 2.24) is 5.32 Å².